The number of imidazole rings is 1. The molecule has 1 aliphatic heterocycles. The first-order valence-electron chi connectivity index (χ1n) is 11.9. The van der Waals surface area contributed by atoms with E-state index in [-0.39, 0.29) is 12.1 Å². The maximum Gasteiger partial charge on any atom is 0.346 e. The van der Waals surface area contributed by atoms with Crippen LogP contribution in [0.2, 0.25) is 0 Å². The molecule has 7 heteroatoms. The number of carbonyl (C=O) groups excluding carboxylic acids is 1. The summed E-state index contributed by atoms with van der Waals surface area (Å²) in [5, 5.41) is 14.4. The summed E-state index contributed by atoms with van der Waals surface area (Å²) in [7, 11) is 0. The molecule has 5 rings (SSSR count). The van der Waals surface area contributed by atoms with Crippen molar-refractivity contribution in [3.63, 3.8) is 0 Å². The summed E-state index contributed by atoms with van der Waals surface area (Å²) >= 11 is 0. The highest BCUT2D eigenvalue weighted by molar-refractivity contribution is 5.91. The summed E-state index contributed by atoms with van der Waals surface area (Å²) in [4.78, 5) is 23.3. The Balaban J connectivity index is 1.42. The van der Waals surface area contributed by atoms with Crippen molar-refractivity contribution in [3.05, 3.63) is 89.9 Å². The van der Waals surface area contributed by atoms with Crippen molar-refractivity contribution in [3.8, 4) is 23.0 Å². The SMILES string of the molecule is Cc1ccc(-c2ccc3ncc(C#CC(C)(C)O)n3c2)cc1NC(=O)N1OCCC1c1ccccc1. The quantitative estimate of drug-likeness (QED) is 0.388. The standard InChI is InChI=1S/C29H28N4O3/c1-20-9-10-22(23-11-12-27-30-18-24(32(27)19-23)13-15-29(2,3)35)17-25(20)31-28(34)33-26(14-16-36-33)21-7-5-4-6-8-21/h4-12,17-19,26,35H,14,16H2,1-3H3,(H,31,34). The highest BCUT2D eigenvalue weighted by atomic mass is 16.7. The average Bonchev–Trinajstić information content (AvgIpc) is 3.51. The second kappa shape index (κ2) is 9.50. The van der Waals surface area contributed by atoms with Crippen LogP contribution in [0.4, 0.5) is 10.5 Å². The second-order valence-corrected chi connectivity index (χ2v) is 9.43. The summed E-state index contributed by atoms with van der Waals surface area (Å²) in [5.74, 6) is 5.84. The molecule has 0 aliphatic carbocycles. The van der Waals surface area contributed by atoms with Crippen LogP contribution in [-0.4, -0.2) is 37.8 Å². The topological polar surface area (TPSA) is 79.1 Å². The summed E-state index contributed by atoms with van der Waals surface area (Å²) in [6.07, 6.45) is 4.40. The number of amides is 2. The van der Waals surface area contributed by atoms with Crippen LogP contribution in [0.3, 0.4) is 0 Å². The van der Waals surface area contributed by atoms with Crippen molar-refractivity contribution in [1.29, 1.82) is 0 Å². The number of urea groups is 1. The van der Waals surface area contributed by atoms with Crippen LogP contribution >= 0.6 is 0 Å². The lowest BCUT2D eigenvalue weighted by Crippen LogP contribution is -2.33. The number of nitrogens with one attached hydrogen (secondary N) is 1. The Morgan fingerprint density at radius 1 is 1.14 bits per heavy atom. The van der Waals surface area contributed by atoms with Gasteiger partial charge in [0.2, 0.25) is 0 Å². The third kappa shape index (κ3) is 4.96. The Morgan fingerprint density at radius 2 is 1.92 bits per heavy atom. The molecule has 3 heterocycles. The fraction of sp³-hybridized carbons (Fsp3) is 0.241. The van der Waals surface area contributed by atoms with E-state index in [9.17, 15) is 9.90 Å². The zero-order valence-electron chi connectivity index (χ0n) is 20.5. The van der Waals surface area contributed by atoms with E-state index in [1.54, 1.807) is 20.0 Å². The summed E-state index contributed by atoms with van der Waals surface area (Å²) in [6.45, 7) is 5.75. The Hall–Kier alpha value is -4.12. The van der Waals surface area contributed by atoms with Crippen molar-refractivity contribution >= 4 is 17.4 Å². The lowest BCUT2D eigenvalue weighted by Gasteiger charge is -2.23. The van der Waals surface area contributed by atoms with Crippen molar-refractivity contribution in [2.24, 2.45) is 0 Å². The molecule has 7 nitrogen and oxygen atoms in total. The molecule has 4 aromatic rings. The number of aliphatic hydroxyl groups is 1. The monoisotopic (exact) mass is 480 g/mol. The first kappa shape index (κ1) is 23.6. The number of pyridine rings is 1. The first-order chi connectivity index (χ1) is 17.3. The van der Waals surface area contributed by atoms with Gasteiger partial charge in [-0.2, -0.15) is 5.06 Å². The number of hydroxylamine groups is 2. The molecule has 0 radical (unpaired) electrons. The van der Waals surface area contributed by atoms with E-state index in [0.717, 1.165) is 34.3 Å². The number of aryl methyl sites for hydroxylation is 1. The number of rotatable bonds is 3. The predicted molar refractivity (Wildman–Crippen MR) is 139 cm³/mol. The molecule has 1 unspecified atom stereocenters. The Kier molecular flexibility index (Phi) is 6.23. The van der Waals surface area contributed by atoms with Gasteiger partial charge in [0.05, 0.1) is 18.8 Å². The highest BCUT2D eigenvalue weighted by Crippen LogP contribution is 2.32. The number of carbonyl (C=O) groups is 1. The van der Waals surface area contributed by atoms with Gasteiger partial charge in [0.1, 0.15) is 16.9 Å². The molecule has 0 spiro atoms. The molecule has 2 aromatic heterocycles. The molecule has 36 heavy (non-hydrogen) atoms. The van der Waals surface area contributed by atoms with Gasteiger partial charge >= 0.3 is 6.03 Å². The normalized spacial score (nSPS) is 15.6. The maximum atomic E-state index is 13.2. The predicted octanol–water partition coefficient (Wildman–Crippen LogP) is 5.34. The van der Waals surface area contributed by atoms with Gasteiger partial charge in [0.25, 0.3) is 0 Å². The van der Waals surface area contributed by atoms with Gasteiger partial charge in [-0.15, -0.1) is 0 Å². The van der Waals surface area contributed by atoms with Crippen LogP contribution in [-0.2, 0) is 4.84 Å². The molecule has 1 aliphatic rings. The van der Waals surface area contributed by atoms with E-state index < -0.39 is 5.60 Å². The summed E-state index contributed by atoms with van der Waals surface area (Å²) < 4.78 is 1.90. The van der Waals surface area contributed by atoms with Gasteiger partial charge in [0.15, 0.2) is 0 Å². The highest BCUT2D eigenvalue weighted by Gasteiger charge is 2.32. The number of benzene rings is 2. The first-order valence-corrected chi connectivity index (χ1v) is 11.9. The van der Waals surface area contributed by atoms with Crippen LogP contribution in [0.15, 0.2) is 73.1 Å². The van der Waals surface area contributed by atoms with Gasteiger partial charge in [-0.25, -0.2) is 9.78 Å². The number of fused-ring (bicyclic) bond motifs is 1. The van der Waals surface area contributed by atoms with Crippen molar-refractivity contribution < 1.29 is 14.7 Å². The number of aromatic nitrogens is 2. The lowest BCUT2D eigenvalue weighted by atomic mass is 10.0. The molecular formula is C29H28N4O3. The van der Waals surface area contributed by atoms with Crippen LogP contribution in [0.1, 0.15) is 43.1 Å². The van der Waals surface area contributed by atoms with E-state index >= 15 is 0 Å². The Morgan fingerprint density at radius 3 is 2.69 bits per heavy atom. The van der Waals surface area contributed by atoms with E-state index in [1.165, 1.54) is 5.06 Å². The zero-order chi connectivity index (χ0) is 25.3. The van der Waals surface area contributed by atoms with Gasteiger partial charge in [-0.1, -0.05) is 48.4 Å². The minimum absolute atomic E-state index is 0.123. The van der Waals surface area contributed by atoms with Crippen LogP contribution < -0.4 is 5.32 Å². The molecule has 2 aromatic carbocycles. The molecule has 0 bridgehead atoms. The van der Waals surface area contributed by atoms with Crippen molar-refractivity contribution in [2.75, 3.05) is 11.9 Å². The Labute approximate surface area is 210 Å². The smallest absolute Gasteiger partial charge is 0.346 e. The largest absolute Gasteiger partial charge is 0.378 e. The number of hydrogen-bond donors (Lipinski definition) is 2. The van der Waals surface area contributed by atoms with Gasteiger partial charge < -0.3 is 10.4 Å². The third-order valence-electron chi connectivity index (χ3n) is 6.10. The molecule has 182 valence electrons. The van der Waals surface area contributed by atoms with Crippen LogP contribution in [0.5, 0.6) is 0 Å². The van der Waals surface area contributed by atoms with Crippen LogP contribution in [0, 0.1) is 18.8 Å². The average molecular weight is 481 g/mol. The molecule has 2 amide bonds. The third-order valence-corrected chi connectivity index (χ3v) is 6.10. The molecule has 0 saturated carbocycles. The van der Waals surface area contributed by atoms with Crippen LogP contribution in [0.25, 0.3) is 16.8 Å². The van der Waals surface area contributed by atoms with Crippen molar-refractivity contribution in [1.82, 2.24) is 14.4 Å². The summed E-state index contributed by atoms with van der Waals surface area (Å²) in [5.41, 5.74) is 4.95. The molecule has 1 atom stereocenters. The van der Waals surface area contributed by atoms with E-state index in [4.69, 9.17) is 4.84 Å². The van der Waals surface area contributed by atoms with Gasteiger partial charge in [0, 0.05) is 18.3 Å². The van der Waals surface area contributed by atoms with E-state index in [0.29, 0.717) is 18.0 Å². The summed E-state index contributed by atoms with van der Waals surface area (Å²) in [6, 6.07) is 19.4. The van der Waals surface area contributed by atoms with Crippen molar-refractivity contribution in [2.45, 2.75) is 38.8 Å². The molecule has 1 fully saturated rings. The minimum Gasteiger partial charge on any atom is -0.378 e. The minimum atomic E-state index is -1.09. The lowest BCUT2D eigenvalue weighted by molar-refractivity contribution is -0.0829. The number of nitrogens with zero attached hydrogens (tertiary/aromatic N) is 3. The maximum absolute atomic E-state index is 13.2. The molecular weight excluding hydrogens is 452 g/mol. The number of hydrogen-bond acceptors (Lipinski definition) is 4. The fourth-order valence-corrected chi connectivity index (χ4v) is 4.21. The number of anilines is 1. The van der Waals surface area contributed by atoms with Gasteiger partial charge in [-0.3, -0.25) is 9.24 Å². The fourth-order valence-electron chi connectivity index (χ4n) is 4.21. The van der Waals surface area contributed by atoms with E-state index in [1.807, 2.05) is 78.2 Å². The van der Waals surface area contributed by atoms with Gasteiger partial charge in [-0.05, 0) is 67.1 Å². The molecule has 2 N–H and O–H groups in total. The Bertz CT molecular complexity index is 1480. The van der Waals surface area contributed by atoms with E-state index in [2.05, 4.69) is 22.1 Å². The second-order valence-electron chi connectivity index (χ2n) is 9.43. The molecule has 1 saturated heterocycles. The zero-order valence-corrected chi connectivity index (χ0v) is 20.5.